The first-order chi connectivity index (χ1) is 14.4. The molecule has 3 nitrogen and oxygen atoms in total. The lowest BCUT2D eigenvalue weighted by molar-refractivity contribution is 0.362. The second-order valence-corrected chi connectivity index (χ2v) is 8.38. The molecule has 1 fully saturated rings. The van der Waals surface area contributed by atoms with Crippen LogP contribution < -0.4 is 5.32 Å². The minimum atomic E-state index is 0. The van der Waals surface area contributed by atoms with Gasteiger partial charge in [-0.25, -0.2) is 4.99 Å². The standard InChI is InChI=1S/C25H27N3S.ClH/c1-3-9-21(10-4-1)25(26-22-11-5-2-6-12-22)27-23-13-15-24(16-14-23)29-20-19-28-17-7-8-18-28;/h1-6,9-16H,7-8,17-20H2,(H,26,27);1H. The Morgan fingerprint density at radius 3 is 2.13 bits per heavy atom. The summed E-state index contributed by atoms with van der Waals surface area (Å²) in [5, 5.41) is 3.46. The molecule has 0 unspecified atom stereocenters. The molecule has 1 heterocycles. The van der Waals surface area contributed by atoms with E-state index in [4.69, 9.17) is 4.99 Å². The average molecular weight is 438 g/mol. The van der Waals surface area contributed by atoms with Gasteiger partial charge in [0.25, 0.3) is 0 Å². The minimum absolute atomic E-state index is 0. The summed E-state index contributed by atoms with van der Waals surface area (Å²) in [7, 11) is 0. The van der Waals surface area contributed by atoms with Crippen molar-refractivity contribution in [3.8, 4) is 0 Å². The molecule has 3 aromatic carbocycles. The molecule has 4 rings (SSSR count). The normalized spacial score (nSPS) is 14.3. The van der Waals surface area contributed by atoms with Crippen LogP contribution in [0.3, 0.4) is 0 Å². The zero-order chi connectivity index (χ0) is 19.7. The average Bonchev–Trinajstić information content (AvgIpc) is 3.29. The van der Waals surface area contributed by atoms with Crippen molar-refractivity contribution in [2.24, 2.45) is 4.99 Å². The fourth-order valence-corrected chi connectivity index (χ4v) is 4.38. The molecular weight excluding hydrogens is 410 g/mol. The Hall–Kier alpha value is -2.27. The summed E-state index contributed by atoms with van der Waals surface area (Å²) < 4.78 is 0. The van der Waals surface area contributed by atoms with E-state index in [2.05, 4.69) is 58.7 Å². The van der Waals surface area contributed by atoms with Crippen LogP contribution in [-0.4, -0.2) is 36.1 Å². The predicted molar refractivity (Wildman–Crippen MR) is 133 cm³/mol. The van der Waals surface area contributed by atoms with E-state index in [0.717, 1.165) is 28.5 Å². The van der Waals surface area contributed by atoms with Gasteiger partial charge in [-0.15, -0.1) is 24.2 Å². The molecule has 0 amide bonds. The molecule has 0 atom stereocenters. The maximum absolute atomic E-state index is 4.90. The van der Waals surface area contributed by atoms with Gasteiger partial charge in [0, 0.05) is 28.4 Å². The molecule has 0 aliphatic carbocycles. The van der Waals surface area contributed by atoms with E-state index in [1.807, 2.05) is 48.2 Å². The first-order valence-electron chi connectivity index (χ1n) is 10.3. The summed E-state index contributed by atoms with van der Waals surface area (Å²) in [4.78, 5) is 8.77. The number of aliphatic imine (C=N–C) groups is 1. The van der Waals surface area contributed by atoms with Crippen molar-refractivity contribution in [3.05, 3.63) is 90.5 Å². The third-order valence-electron chi connectivity index (χ3n) is 5.04. The topological polar surface area (TPSA) is 27.6 Å². The van der Waals surface area contributed by atoms with E-state index < -0.39 is 0 Å². The van der Waals surface area contributed by atoms with Gasteiger partial charge in [0.15, 0.2) is 0 Å². The molecule has 1 N–H and O–H groups in total. The smallest absolute Gasteiger partial charge is 0.138 e. The number of nitrogens with zero attached hydrogens (tertiary/aromatic N) is 2. The number of halogens is 1. The molecule has 30 heavy (non-hydrogen) atoms. The zero-order valence-corrected chi connectivity index (χ0v) is 18.7. The van der Waals surface area contributed by atoms with Crippen LogP contribution in [0.4, 0.5) is 11.4 Å². The minimum Gasteiger partial charge on any atom is -0.340 e. The quantitative estimate of drug-likeness (QED) is 0.260. The summed E-state index contributed by atoms with van der Waals surface area (Å²) in [5.74, 6) is 2.00. The van der Waals surface area contributed by atoms with E-state index in [9.17, 15) is 0 Å². The number of hydrogen-bond donors (Lipinski definition) is 1. The van der Waals surface area contributed by atoms with Crippen molar-refractivity contribution in [3.63, 3.8) is 0 Å². The molecule has 0 bridgehead atoms. The molecule has 0 aromatic heterocycles. The van der Waals surface area contributed by atoms with Gasteiger partial charge in [-0.3, -0.25) is 0 Å². The van der Waals surface area contributed by atoms with Crippen molar-refractivity contribution in [2.45, 2.75) is 17.7 Å². The Bertz CT molecular complexity index is 908. The number of amidine groups is 1. The van der Waals surface area contributed by atoms with Gasteiger partial charge in [0.2, 0.25) is 0 Å². The van der Waals surface area contributed by atoms with E-state index >= 15 is 0 Å². The predicted octanol–water partition coefficient (Wildman–Crippen LogP) is 6.49. The summed E-state index contributed by atoms with van der Waals surface area (Å²) in [6, 6.07) is 29.0. The van der Waals surface area contributed by atoms with Crippen molar-refractivity contribution in [2.75, 3.05) is 30.7 Å². The van der Waals surface area contributed by atoms with Gasteiger partial charge in [0.05, 0.1) is 5.69 Å². The number of anilines is 1. The third-order valence-corrected chi connectivity index (χ3v) is 6.03. The van der Waals surface area contributed by atoms with E-state index in [0.29, 0.717) is 0 Å². The Morgan fingerprint density at radius 2 is 1.47 bits per heavy atom. The van der Waals surface area contributed by atoms with Crippen molar-refractivity contribution in [1.82, 2.24) is 4.90 Å². The van der Waals surface area contributed by atoms with Gasteiger partial charge in [0.1, 0.15) is 5.84 Å². The van der Waals surface area contributed by atoms with Gasteiger partial charge >= 0.3 is 0 Å². The summed E-state index contributed by atoms with van der Waals surface area (Å²) in [6.45, 7) is 3.72. The Labute approximate surface area is 190 Å². The summed E-state index contributed by atoms with van der Waals surface area (Å²) in [5.41, 5.74) is 3.06. The Kier molecular flexibility index (Phi) is 8.81. The van der Waals surface area contributed by atoms with Crippen LogP contribution in [0.2, 0.25) is 0 Å². The van der Waals surface area contributed by atoms with Gasteiger partial charge in [-0.1, -0.05) is 48.5 Å². The summed E-state index contributed by atoms with van der Waals surface area (Å²) >= 11 is 1.93. The highest BCUT2D eigenvalue weighted by Crippen LogP contribution is 2.23. The molecule has 3 aromatic rings. The number of thioether (sulfide) groups is 1. The number of rotatable bonds is 7. The van der Waals surface area contributed by atoms with Crippen molar-refractivity contribution < 1.29 is 0 Å². The highest BCUT2D eigenvalue weighted by Gasteiger charge is 2.10. The lowest BCUT2D eigenvalue weighted by Gasteiger charge is -2.13. The maximum Gasteiger partial charge on any atom is 0.138 e. The molecule has 5 heteroatoms. The molecule has 0 radical (unpaired) electrons. The largest absolute Gasteiger partial charge is 0.340 e. The Morgan fingerprint density at radius 1 is 0.833 bits per heavy atom. The van der Waals surface area contributed by atoms with Crippen LogP contribution in [0.15, 0.2) is 94.8 Å². The number of hydrogen-bond acceptors (Lipinski definition) is 3. The van der Waals surface area contributed by atoms with E-state index in [-0.39, 0.29) is 12.4 Å². The monoisotopic (exact) mass is 437 g/mol. The van der Waals surface area contributed by atoms with Crippen LogP contribution in [0, 0.1) is 0 Å². The van der Waals surface area contributed by atoms with Gasteiger partial charge in [-0.2, -0.15) is 0 Å². The van der Waals surface area contributed by atoms with Crippen molar-refractivity contribution in [1.29, 1.82) is 0 Å². The third kappa shape index (κ3) is 6.63. The van der Waals surface area contributed by atoms with Gasteiger partial charge < -0.3 is 10.2 Å². The summed E-state index contributed by atoms with van der Waals surface area (Å²) in [6.07, 6.45) is 2.72. The molecule has 1 aliphatic rings. The van der Waals surface area contributed by atoms with Crippen LogP contribution >= 0.6 is 24.2 Å². The molecule has 156 valence electrons. The number of likely N-dealkylation sites (tertiary alicyclic amines) is 1. The zero-order valence-electron chi connectivity index (χ0n) is 17.0. The first-order valence-corrected chi connectivity index (χ1v) is 11.3. The maximum atomic E-state index is 4.90. The lowest BCUT2D eigenvalue weighted by Crippen LogP contribution is -2.21. The highest BCUT2D eigenvalue weighted by atomic mass is 35.5. The van der Waals surface area contributed by atoms with E-state index in [1.165, 1.54) is 37.4 Å². The fraction of sp³-hybridized carbons (Fsp3) is 0.240. The van der Waals surface area contributed by atoms with Crippen molar-refractivity contribution >= 4 is 41.4 Å². The lowest BCUT2D eigenvalue weighted by atomic mass is 10.2. The SMILES string of the molecule is Cl.c1ccc(NC(=Nc2ccc(SCCN3CCCC3)cc2)c2ccccc2)cc1. The molecule has 0 spiro atoms. The van der Waals surface area contributed by atoms with E-state index in [1.54, 1.807) is 0 Å². The van der Waals surface area contributed by atoms with Crippen LogP contribution in [0.5, 0.6) is 0 Å². The molecule has 1 saturated heterocycles. The number of benzene rings is 3. The van der Waals surface area contributed by atoms with Gasteiger partial charge in [-0.05, 0) is 62.3 Å². The van der Waals surface area contributed by atoms with Crippen LogP contribution in [0.1, 0.15) is 18.4 Å². The number of para-hydroxylation sites is 1. The molecule has 1 aliphatic heterocycles. The second-order valence-electron chi connectivity index (χ2n) is 7.21. The van der Waals surface area contributed by atoms with Crippen LogP contribution in [0.25, 0.3) is 0 Å². The number of nitrogens with one attached hydrogen (secondary N) is 1. The molecule has 0 saturated carbocycles. The fourth-order valence-electron chi connectivity index (χ4n) is 3.46. The Balaban J connectivity index is 0.00000256. The highest BCUT2D eigenvalue weighted by molar-refractivity contribution is 7.99. The molecular formula is C25H28ClN3S. The second kappa shape index (κ2) is 11.8. The first kappa shape index (κ1) is 22.4. The van der Waals surface area contributed by atoms with Crippen LogP contribution in [-0.2, 0) is 0 Å².